The van der Waals surface area contributed by atoms with E-state index in [9.17, 15) is 4.79 Å². The maximum absolute atomic E-state index is 12.7. The van der Waals surface area contributed by atoms with Gasteiger partial charge in [-0.1, -0.05) is 13.8 Å². The molecule has 0 radical (unpaired) electrons. The van der Waals surface area contributed by atoms with Crippen LogP contribution in [-0.4, -0.2) is 51.9 Å². The molecule has 2 N–H and O–H groups in total. The summed E-state index contributed by atoms with van der Waals surface area (Å²) in [6, 6.07) is 7.89. The number of likely N-dealkylation sites (N-methyl/N-ethyl adjacent to an activating group) is 1. The zero-order valence-electron chi connectivity index (χ0n) is 15.3. The third-order valence-corrected chi connectivity index (χ3v) is 5.15. The molecule has 4 heterocycles. The quantitative estimate of drug-likeness (QED) is 0.762. The number of fused-ring (bicyclic) bond motifs is 1. The van der Waals surface area contributed by atoms with E-state index in [2.05, 4.69) is 52.1 Å². The zero-order valence-corrected chi connectivity index (χ0v) is 15.3. The van der Waals surface area contributed by atoms with E-state index in [1.165, 1.54) is 0 Å². The lowest BCUT2D eigenvalue weighted by atomic mass is 9.88. The van der Waals surface area contributed by atoms with Gasteiger partial charge in [-0.2, -0.15) is 0 Å². The van der Waals surface area contributed by atoms with Gasteiger partial charge in [-0.3, -0.25) is 9.78 Å². The van der Waals surface area contributed by atoms with Crippen molar-refractivity contribution >= 4 is 16.9 Å². The third kappa shape index (κ3) is 3.08. The number of amides is 1. The van der Waals surface area contributed by atoms with Crippen LogP contribution in [0.5, 0.6) is 0 Å². The van der Waals surface area contributed by atoms with E-state index < -0.39 is 0 Å². The second-order valence-electron chi connectivity index (χ2n) is 7.78. The number of hydrogen-bond donors (Lipinski definition) is 2. The minimum atomic E-state index is -0.129. The average Bonchev–Trinajstić information content (AvgIpc) is 3.17. The Morgan fingerprint density at radius 1 is 1.27 bits per heavy atom. The van der Waals surface area contributed by atoms with Crippen LogP contribution in [0.2, 0.25) is 0 Å². The van der Waals surface area contributed by atoms with Gasteiger partial charge >= 0.3 is 0 Å². The molecule has 0 aromatic carbocycles. The number of nitrogens with one attached hydrogen (secondary N) is 2. The van der Waals surface area contributed by atoms with Crippen LogP contribution in [0.15, 0.2) is 42.9 Å². The predicted molar refractivity (Wildman–Crippen MR) is 102 cm³/mol. The molecule has 1 aliphatic heterocycles. The fourth-order valence-electron chi connectivity index (χ4n) is 3.73. The number of nitrogens with zero attached hydrogens (tertiary/aromatic N) is 3. The highest BCUT2D eigenvalue weighted by Crippen LogP contribution is 2.29. The van der Waals surface area contributed by atoms with Crippen LogP contribution in [0.4, 0.5) is 0 Å². The summed E-state index contributed by atoms with van der Waals surface area (Å²) in [5.74, 6) is -0.129. The van der Waals surface area contributed by atoms with Crippen molar-refractivity contribution in [2.24, 2.45) is 5.41 Å². The van der Waals surface area contributed by atoms with E-state index in [0.29, 0.717) is 5.69 Å². The Labute approximate surface area is 152 Å². The normalized spacial score (nSPS) is 19.7. The van der Waals surface area contributed by atoms with Crippen molar-refractivity contribution in [1.82, 2.24) is 25.2 Å². The smallest absolute Gasteiger partial charge is 0.270 e. The van der Waals surface area contributed by atoms with Crippen LogP contribution in [0, 0.1) is 5.41 Å². The van der Waals surface area contributed by atoms with Gasteiger partial charge in [-0.15, -0.1) is 0 Å². The number of pyridine rings is 2. The predicted octanol–water partition coefficient (Wildman–Crippen LogP) is 2.69. The van der Waals surface area contributed by atoms with E-state index in [-0.39, 0.29) is 17.4 Å². The molecule has 1 fully saturated rings. The summed E-state index contributed by atoms with van der Waals surface area (Å²) >= 11 is 0. The lowest BCUT2D eigenvalue weighted by Crippen LogP contribution is -2.44. The Morgan fingerprint density at radius 3 is 2.88 bits per heavy atom. The Balaban J connectivity index is 1.58. The van der Waals surface area contributed by atoms with Gasteiger partial charge in [0.2, 0.25) is 0 Å². The highest BCUT2D eigenvalue weighted by Gasteiger charge is 2.38. The van der Waals surface area contributed by atoms with Crippen molar-refractivity contribution in [3.8, 4) is 11.1 Å². The molecule has 0 saturated carbocycles. The first-order valence-corrected chi connectivity index (χ1v) is 8.81. The van der Waals surface area contributed by atoms with Gasteiger partial charge < -0.3 is 15.2 Å². The van der Waals surface area contributed by atoms with Crippen LogP contribution in [0.25, 0.3) is 22.2 Å². The molecule has 134 valence electrons. The van der Waals surface area contributed by atoms with E-state index in [1.807, 2.05) is 30.6 Å². The molecule has 1 unspecified atom stereocenters. The maximum Gasteiger partial charge on any atom is 0.270 e. The van der Waals surface area contributed by atoms with Gasteiger partial charge in [0.1, 0.15) is 11.3 Å². The van der Waals surface area contributed by atoms with Crippen LogP contribution < -0.4 is 5.32 Å². The molecule has 0 spiro atoms. The lowest BCUT2D eigenvalue weighted by molar-refractivity contribution is 0.0911. The molecule has 4 rings (SSSR count). The van der Waals surface area contributed by atoms with Crippen LogP contribution in [0.3, 0.4) is 0 Å². The third-order valence-electron chi connectivity index (χ3n) is 5.15. The largest absolute Gasteiger partial charge is 0.346 e. The summed E-state index contributed by atoms with van der Waals surface area (Å²) in [6.07, 6.45) is 5.36. The number of hydrogen-bond acceptors (Lipinski definition) is 4. The van der Waals surface area contributed by atoms with Gasteiger partial charge in [0, 0.05) is 48.7 Å². The van der Waals surface area contributed by atoms with Gasteiger partial charge in [-0.25, -0.2) is 4.98 Å². The van der Waals surface area contributed by atoms with E-state index in [1.54, 1.807) is 6.20 Å². The molecule has 1 amide bonds. The summed E-state index contributed by atoms with van der Waals surface area (Å²) in [6.45, 7) is 6.19. The number of rotatable bonds is 3. The second kappa shape index (κ2) is 6.21. The molecule has 26 heavy (non-hydrogen) atoms. The monoisotopic (exact) mass is 349 g/mol. The molecule has 6 heteroatoms. The van der Waals surface area contributed by atoms with Crippen LogP contribution in [-0.2, 0) is 0 Å². The molecular weight excluding hydrogens is 326 g/mol. The first kappa shape index (κ1) is 16.7. The average molecular weight is 349 g/mol. The maximum atomic E-state index is 12.7. The molecule has 1 aliphatic rings. The summed E-state index contributed by atoms with van der Waals surface area (Å²) in [5, 5.41) is 4.20. The van der Waals surface area contributed by atoms with Gasteiger partial charge in [0.05, 0.1) is 0 Å². The van der Waals surface area contributed by atoms with Crippen molar-refractivity contribution in [1.29, 1.82) is 0 Å². The van der Waals surface area contributed by atoms with Crippen LogP contribution in [0.1, 0.15) is 24.3 Å². The topological polar surface area (TPSA) is 73.9 Å². The fraction of sp³-hybridized carbons (Fsp3) is 0.350. The first-order valence-electron chi connectivity index (χ1n) is 8.81. The standard InChI is InChI=1S/C20H23N5O/c1-20(2)12-25(3)11-17(20)24-19(26)16-9-13(4-6-21-16)15-8-14-5-7-22-18(14)23-10-15/h4-10,17H,11-12H2,1-3H3,(H,22,23)(H,24,26). The molecule has 3 aromatic rings. The zero-order chi connectivity index (χ0) is 18.3. The Hall–Kier alpha value is -2.73. The SMILES string of the molecule is CN1CC(NC(=O)c2cc(-c3cnc4[nH]ccc4c3)ccn2)C(C)(C)C1. The molecule has 0 bridgehead atoms. The van der Waals surface area contributed by atoms with Crippen molar-refractivity contribution in [2.45, 2.75) is 19.9 Å². The molecule has 3 aromatic heterocycles. The van der Waals surface area contributed by atoms with Crippen molar-refractivity contribution in [2.75, 3.05) is 20.1 Å². The minimum absolute atomic E-state index is 0.0469. The van der Waals surface area contributed by atoms with Crippen molar-refractivity contribution in [3.63, 3.8) is 0 Å². The summed E-state index contributed by atoms with van der Waals surface area (Å²) in [7, 11) is 2.08. The first-order chi connectivity index (χ1) is 12.4. The Kier molecular flexibility index (Phi) is 4.00. The van der Waals surface area contributed by atoms with Gasteiger partial charge in [-0.05, 0) is 42.3 Å². The Bertz CT molecular complexity index is 961. The number of aromatic nitrogens is 3. The molecular formula is C20H23N5O. The number of likely N-dealkylation sites (tertiary alicyclic amines) is 1. The van der Waals surface area contributed by atoms with Crippen molar-refractivity contribution < 1.29 is 4.79 Å². The van der Waals surface area contributed by atoms with Gasteiger partial charge in [0.15, 0.2) is 0 Å². The highest BCUT2D eigenvalue weighted by molar-refractivity contribution is 5.94. The Morgan fingerprint density at radius 2 is 2.12 bits per heavy atom. The number of H-pyrrole nitrogens is 1. The fourth-order valence-corrected chi connectivity index (χ4v) is 3.73. The van der Waals surface area contributed by atoms with E-state index >= 15 is 0 Å². The number of carbonyl (C=O) groups is 1. The van der Waals surface area contributed by atoms with Crippen LogP contribution >= 0.6 is 0 Å². The lowest BCUT2D eigenvalue weighted by Gasteiger charge is -2.26. The number of aromatic amines is 1. The van der Waals surface area contributed by atoms with Gasteiger partial charge in [0.25, 0.3) is 5.91 Å². The second-order valence-corrected chi connectivity index (χ2v) is 7.78. The molecule has 0 aliphatic carbocycles. The van der Waals surface area contributed by atoms with Crippen molar-refractivity contribution in [3.05, 3.63) is 48.5 Å². The summed E-state index contributed by atoms with van der Waals surface area (Å²) in [4.78, 5) is 26.8. The highest BCUT2D eigenvalue weighted by atomic mass is 16.2. The molecule has 1 saturated heterocycles. The summed E-state index contributed by atoms with van der Waals surface area (Å²) < 4.78 is 0. The van der Waals surface area contributed by atoms with E-state index in [4.69, 9.17) is 0 Å². The molecule has 6 nitrogen and oxygen atoms in total. The van der Waals surface area contributed by atoms with E-state index in [0.717, 1.165) is 35.2 Å². The summed E-state index contributed by atoms with van der Waals surface area (Å²) in [5.41, 5.74) is 3.24. The number of carbonyl (C=O) groups excluding carboxylic acids is 1. The minimum Gasteiger partial charge on any atom is -0.346 e. The molecule has 1 atom stereocenters.